The van der Waals surface area contributed by atoms with E-state index in [9.17, 15) is 4.79 Å². The molecule has 21 heavy (non-hydrogen) atoms. The van der Waals surface area contributed by atoms with Crippen LogP contribution in [0.25, 0.3) is 0 Å². The Kier molecular flexibility index (Phi) is 15.2. The van der Waals surface area contributed by atoms with E-state index in [0.29, 0.717) is 0 Å². The van der Waals surface area contributed by atoms with E-state index in [1.807, 2.05) is 0 Å². The third-order valence-corrected chi connectivity index (χ3v) is 3.59. The normalized spacial score (nSPS) is 13.3. The maximum atomic E-state index is 9.60. The molecular weight excluding hydrogens is 260 g/mol. The molecule has 0 heterocycles. The Labute approximate surface area is 133 Å². The predicted molar refractivity (Wildman–Crippen MR) is 93.6 cm³/mol. The van der Waals surface area contributed by atoms with E-state index in [1.54, 1.807) is 0 Å². The largest absolute Gasteiger partial charge is 0.478 e. The number of carboxylic acids is 1. The third kappa shape index (κ3) is 19.2. The summed E-state index contributed by atoms with van der Waals surface area (Å²) in [6.07, 6.45) is 9.96. The van der Waals surface area contributed by atoms with Crippen molar-refractivity contribution in [1.82, 2.24) is 0 Å². The van der Waals surface area contributed by atoms with Gasteiger partial charge in [-0.05, 0) is 37.5 Å². The molecule has 0 aliphatic heterocycles. The Balaban J connectivity index is 0. The van der Waals surface area contributed by atoms with Crippen LogP contribution >= 0.6 is 0 Å². The van der Waals surface area contributed by atoms with Crippen LogP contribution in [0.15, 0.2) is 12.2 Å². The van der Waals surface area contributed by atoms with E-state index in [-0.39, 0.29) is 5.57 Å². The molecular formula is C19H38O2. The summed E-state index contributed by atoms with van der Waals surface area (Å²) in [4.78, 5) is 9.60. The Bertz CT molecular complexity index is 257. The van der Waals surface area contributed by atoms with Gasteiger partial charge in [0.25, 0.3) is 0 Å². The van der Waals surface area contributed by atoms with E-state index >= 15 is 0 Å². The molecule has 0 radical (unpaired) electrons. The van der Waals surface area contributed by atoms with Crippen LogP contribution in [-0.4, -0.2) is 11.1 Å². The first-order chi connectivity index (χ1) is 9.70. The molecule has 0 rings (SSSR count). The molecule has 0 amide bonds. The van der Waals surface area contributed by atoms with Crippen molar-refractivity contribution in [3.63, 3.8) is 0 Å². The third-order valence-electron chi connectivity index (χ3n) is 3.59. The van der Waals surface area contributed by atoms with Crippen LogP contribution in [0.5, 0.6) is 0 Å². The highest BCUT2D eigenvalue weighted by Crippen LogP contribution is 2.23. The molecule has 0 saturated carbocycles. The maximum absolute atomic E-state index is 9.60. The first kappa shape index (κ1) is 22.5. The first-order valence-electron chi connectivity index (χ1n) is 8.59. The summed E-state index contributed by atoms with van der Waals surface area (Å²) < 4.78 is 0. The maximum Gasteiger partial charge on any atom is 0.330 e. The molecule has 0 aromatic heterocycles. The number of hydrogen-bond donors (Lipinski definition) is 1. The van der Waals surface area contributed by atoms with Crippen LogP contribution in [0, 0.1) is 17.8 Å². The Morgan fingerprint density at radius 2 is 1.52 bits per heavy atom. The molecule has 0 aliphatic rings. The Hall–Kier alpha value is -0.790. The van der Waals surface area contributed by atoms with Gasteiger partial charge in [-0.1, -0.05) is 73.3 Å². The van der Waals surface area contributed by atoms with Gasteiger partial charge in [0.15, 0.2) is 0 Å². The minimum atomic E-state index is -0.935. The van der Waals surface area contributed by atoms with Crippen LogP contribution in [0.3, 0.4) is 0 Å². The summed E-state index contributed by atoms with van der Waals surface area (Å²) in [5.41, 5.74) is 0.176. The molecule has 2 atom stereocenters. The second-order valence-electron chi connectivity index (χ2n) is 7.01. The van der Waals surface area contributed by atoms with Crippen LogP contribution in [-0.2, 0) is 4.79 Å². The van der Waals surface area contributed by atoms with Crippen molar-refractivity contribution in [2.45, 2.75) is 86.5 Å². The number of unbranched alkanes of at least 4 members (excludes halogenated alkanes) is 3. The van der Waals surface area contributed by atoms with E-state index in [0.717, 1.165) is 17.8 Å². The number of hydrogen-bond acceptors (Lipinski definition) is 1. The molecule has 126 valence electrons. The summed E-state index contributed by atoms with van der Waals surface area (Å²) in [7, 11) is 0. The summed E-state index contributed by atoms with van der Waals surface area (Å²) in [5.74, 6) is 1.80. The van der Waals surface area contributed by atoms with Gasteiger partial charge in [-0.2, -0.15) is 0 Å². The summed E-state index contributed by atoms with van der Waals surface area (Å²) in [6, 6.07) is 0. The summed E-state index contributed by atoms with van der Waals surface area (Å²) >= 11 is 0. The highest BCUT2D eigenvalue weighted by molar-refractivity contribution is 5.84. The molecule has 0 saturated heterocycles. The van der Waals surface area contributed by atoms with Crippen LogP contribution in [0.4, 0.5) is 0 Å². The lowest BCUT2D eigenvalue weighted by Crippen LogP contribution is -2.06. The molecule has 0 aromatic rings. The Morgan fingerprint density at radius 3 is 1.90 bits per heavy atom. The van der Waals surface area contributed by atoms with Gasteiger partial charge in [0.05, 0.1) is 0 Å². The van der Waals surface area contributed by atoms with Crippen molar-refractivity contribution < 1.29 is 9.90 Å². The fourth-order valence-electron chi connectivity index (χ4n) is 2.63. The molecule has 2 heteroatoms. The zero-order chi connectivity index (χ0) is 16.8. The van der Waals surface area contributed by atoms with Crippen molar-refractivity contribution >= 4 is 5.97 Å². The zero-order valence-electron chi connectivity index (χ0n) is 15.2. The molecule has 0 aromatic carbocycles. The van der Waals surface area contributed by atoms with Gasteiger partial charge in [-0.3, -0.25) is 0 Å². The SMILES string of the molecule is C=C(C)C(=O)O.CCCCCCC(C)CC(C)CC(C)C. The van der Waals surface area contributed by atoms with Crippen molar-refractivity contribution in [3.05, 3.63) is 12.2 Å². The molecule has 2 nitrogen and oxygen atoms in total. The fourth-order valence-corrected chi connectivity index (χ4v) is 2.63. The first-order valence-corrected chi connectivity index (χ1v) is 8.59. The van der Waals surface area contributed by atoms with Crippen molar-refractivity contribution in [3.8, 4) is 0 Å². The van der Waals surface area contributed by atoms with Crippen molar-refractivity contribution in [2.75, 3.05) is 0 Å². The quantitative estimate of drug-likeness (QED) is 0.379. The van der Waals surface area contributed by atoms with Gasteiger partial charge >= 0.3 is 5.97 Å². The monoisotopic (exact) mass is 298 g/mol. The van der Waals surface area contributed by atoms with Gasteiger partial charge in [0.1, 0.15) is 0 Å². The van der Waals surface area contributed by atoms with E-state index in [2.05, 4.69) is 41.2 Å². The summed E-state index contributed by atoms with van der Waals surface area (Å²) in [6.45, 7) is 16.4. The average Bonchev–Trinajstić information content (AvgIpc) is 2.34. The highest BCUT2D eigenvalue weighted by atomic mass is 16.4. The predicted octanol–water partition coefficient (Wildman–Crippen LogP) is 6.31. The van der Waals surface area contributed by atoms with Gasteiger partial charge in [0.2, 0.25) is 0 Å². The highest BCUT2D eigenvalue weighted by Gasteiger charge is 2.09. The topological polar surface area (TPSA) is 37.3 Å². The van der Waals surface area contributed by atoms with Crippen LogP contribution in [0.1, 0.15) is 86.5 Å². The lowest BCUT2D eigenvalue weighted by atomic mass is 9.88. The number of carboxylic acid groups (broad SMARTS) is 1. The van der Waals surface area contributed by atoms with Crippen LogP contribution in [0.2, 0.25) is 0 Å². The molecule has 0 spiro atoms. The average molecular weight is 299 g/mol. The van der Waals surface area contributed by atoms with E-state index < -0.39 is 5.97 Å². The molecule has 1 N–H and O–H groups in total. The van der Waals surface area contributed by atoms with Gasteiger partial charge < -0.3 is 5.11 Å². The summed E-state index contributed by atoms with van der Waals surface area (Å²) in [5, 5.41) is 7.89. The van der Waals surface area contributed by atoms with E-state index in [1.165, 1.54) is 51.9 Å². The second-order valence-corrected chi connectivity index (χ2v) is 7.01. The standard InChI is InChI=1S/C15H32.C4H6O2/c1-6-7-8-9-10-14(4)12-15(5)11-13(2)3;1-3(2)4(5)6/h13-15H,6-12H2,1-5H3;1H2,2H3,(H,5,6). The Morgan fingerprint density at radius 1 is 1.00 bits per heavy atom. The zero-order valence-corrected chi connectivity index (χ0v) is 15.2. The molecule has 0 bridgehead atoms. The molecule has 0 fully saturated rings. The van der Waals surface area contributed by atoms with Crippen molar-refractivity contribution in [1.29, 1.82) is 0 Å². The lowest BCUT2D eigenvalue weighted by molar-refractivity contribution is -0.132. The lowest BCUT2D eigenvalue weighted by Gasteiger charge is -2.18. The van der Waals surface area contributed by atoms with Crippen LogP contribution < -0.4 is 0 Å². The molecule has 2 unspecified atom stereocenters. The minimum Gasteiger partial charge on any atom is -0.478 e. The number of carbonyl (C=O) groups is 1. The second kappa shape index (κ2) is 14.2. The van der Waals surface area contributed by atoms with Gasteiger partial charge in [0, 0.05) is 5.57 Å². The minimum absolute atomic E-state index is 0.176. The number of rotatable bonds is 10. The smallest absolute Gasteiger partial charge is 0.330 e. The van der Waals surface area contributed by atoms with Gasteiger partial charge in [-0.25, -0.2) is 4.79 Å². The fraction of sp³-hybridized carbons (Fsp3) is 0.842. The van der Waals surface area contributed by atoms with Crippen molar-refractivity contribution in [2.24, 2.45) is 17.8 Å². The number of aliphatic carboxylic acids is 1. The van der Waals surface area contributed by atoms with E-state index in [4.69, 9.17) is 5.11 Å². The van der Waals surface area contributed by atoms with Gasteiger partial charge in [-0.15, -0.1) is 0 Å². The molecule has 0 aliphatic carbocycles.